The molecule has 0 aliphatic rings. The fourth-order valence-electron chi connectivity index (χ4n) is 1.89. The van der Waals surface area contributed by atoms with E-state index >= 15 is 0 Å². The normalized spacial score (nSPS) is 10.0. The summed E-state index contributed by atoms with van der Waals surface area (Å²) in [5, 5.41) is 0. The van der Waals surface area contributed by atoms with Gasteiger partial charge in [-0.15, -0.1) is 0 Å². The van der Waals surface area contributed by atoms with E-state index in [1.165, 1.54) is 20.3 Å². The topological polar surface area (TPSA) is 61.8 Å². The maximum absolute atomic E-state index is 12.1. The van der Waals surface area contributed by atoms with Gasteiger partial charge in [0.15, 0.2) is 23.9 Å². The molecule has 0 aliphatic carbocycles. The summed E-state index contributed by atoms with van der Waals surface area (Å²) in [6.45, 7) is -0.129. The zero-order valence-electron chi connectivity index (χ0n) is 12.7. The summed E-state index contributed by atoms with van der Waals surface area (Å²) in [5.74, 6) is 0.111. The van der Waals surface area contributed by atoms with Crippen molar-refractivity contribution in [3.05, 3.63) is 58.1 Å². The predicted molar refractivity (Wildman–Crippen MR) is 88.3 cm³/mol. The van der Waals surface area contributed by atoms with Crippen LogP contribution in [-0.2, 0) is 4.74 Å². The molecule has 23 heavy (non-hydrogen) atoms. The summed E-state index contributed by atoms with van der Waals surface area (Å²) in [7, 11) is 2.76. The summed E-state index contributed by atoms with van der Waals surface area (Å²) in [6, 6.07) is 11.6. The molecule has 120 valence electrons. The molecule has 2 aromatic carbocycles. The lowest BCUT2D eigenvalue weighted by Gasteiger charge is -2.11. The van der Waals surface area contributed by atoms with Crippen LogP contribution in [-0.4, -0.2) is 32.6 Å². The Bertz CT molecular complexity index is 709. The van der Waals surface area contributed by atoms with Gasteiger partial charge < -0.3 is 14.2 Å². The molecular weight excluding hydrogens is 364 g/mol. The van der Waals surface area contributed by atoms with Gasteiger partial charge in [-0.25, -0.2) is 4.79 Å². The molecule has 0 heterocycles. The summed E-state index contributed by atoms with van der Waals surface area (Å²) >= 11 is 3.32. The van der Waals surface area contributed by atoms with Crippen molar-refractivity contribution in [2.75, 3.05) is 20.8 Å². The van der Waals surface area contributed by atoms with Gasteiger partial charge in [0.1, 0.15) is 0 Å². The van der Waals surface area contributed by atoms with E-state index in [9.17, 15) is 9.59 Å². The SMILES string of the molecule is COC(=O)c1ccc(OCC(=O)c2ccc(Br)cc2)c(OC)c1. The zero-order valence-corrected chi connectivity index (χ0v) is 14.3. The van der Waals surface area contributed by atoms with Crippen LogP contribution in [0.2, 0.25) is 0 Å². The highest BCUT2D eigenvalue weighted by Crippen LogP contribution is 2.28. The molecule has 2 rings (SSSR count). The number of methoxy groups -OCH3 is 2. The molecule has 5 nitrogen and oxygen atoms in total. The molecule has 0 aliphatic heterocycles. The Balaban J connectivity index is 2.09. The van der Waals surface area contributed by atoms with E-state index in [1.807, 2.05) is 0 Å². The maximum atomic E-state index is 12.1. The molecule has 0 unspecified atom stereocenters. The first kappa shape index (κ1) is 17.0. The highest BCUT2D eigenvalue weighted by molar-refractivity contribution is 9.10. The van der Waals surface area contributed by atoms with E-state index in [1.54, 1.807) is 36.4 Å². The minimum atomic E-state index is -0.471. The Morgan fingerprint density at radius 1 is 0.957 bits per heavy atom. The van der Waals surface area contributed by atoms with Crippen molar-refractivity contribution in [3.8, 4) is 11.5 Å². The van der Waals surface area contributed by atoms with Gasteiger partial charge in [0.05, 0.1) is 19.8 Å². The molecule has 0 saturated carbocycles. The van der Waals surface area contributed by atoms with Crippen molar-refractivity contribution in [2.45, 2.75) is 0 Å². The Hall–Kier alpha value is -2.34. The minimum absolute atomic E-state index is 0.129. The van der Waals surface area contributed by atoms with Gasteiger partial charge in [-0.3, -0.25) is 4.79 Å². The lowest BCUT2D eigenvalue weighted by Crippen LogP contribution is -2.12. The highest BCUT2D eigenvalue weighted by atomic mass is 79.9. The Kier molecular flexibility index (Phi) is 5.76. The number of rotatable bonds is 6. The van der Waals surface area contributed by atoms with Gasteiger partial charge in [0.2, 0.25) is 0 Å². The lowest BCUT2D eigenvalue weighted by atomic mass is 10.1. The molecule has 0 aromatic heterocycles. The lowest BCUT2D eigenvalue weighted by molar-refractivity contribution is 0.0600. The van der Waals surface area contributed by atoms with E-state index in [0.29, 0.717) is 22.6 Å². The monoisotopic (exact) mass is 378 g/mol. The molecule has 0 bridgehead atoms. The fourth-order valence-corrected chi connectivity index (χ4v) is 2.16. The Morgan fingerprint density at radius 2 is 1.61 bits per heavy atom. The van der Waals surface area contributed by atoms with Crippen molar-refractivity contribution in [1.29, 1.82) is 0 Å². The Morgan fingerprint density at radius 3 is 2.22 bits per heavy atom. The van der Waals surface area contributed by atoms with Gasteiger partial charge in [-0.1, -0.05) is 28.1 Å². The third-order valence-electron chi connectivity index (χ3n) is 3.11. The number of hydrogen-bond acceptors (Lipinski definition) is 5. The predicted octanol–water partition coefficient (Wildman–Crippen LogP) is 3.51. The molecular formula is C17H15BrO5. The van der Waals surface area contributed by atoms with Crippen LogP contribution in [0.5, 0.6) is 11.5 Å². The first-order valence-corrected chi connectivity index (χ1v) is 7.52. The third kappa shape index (κ3) is 4.32. The fraction of sp³-hybridized carbons (Fsp3) is 0.176. The van der Waals surface area contributed by atoms with E-state index in [0.717, 1.165) is 4.47 Å². The van der Waals surface area contributed by atoms with E-state index in [4.69, 9.17) is 9.47 Å². The van der Waals surface area contributed by atoms with Crippen molar-refractivity contribution >= 4 is 27.7 Å². The smallest absolute Gasteiger partial charge is 0.337 e. The molecule has 2 aromatic rings. The molecule has 0 spiro atoms. The van der Waals surface area contributed by atoms with Crippen LogP contribution in [0.3, 0.4) is 0 Å². The van der Waals surface area contributed by atoms with Crippen molar-refractivity contribution < 1.29 is 23.8 Å². The third-order valence-corrected chi connectivity index (χ3v) is 3.64. The number of benzene rings is 2. The highest BCUT2D eigenvalue weighted by Gasteiger charge is 2.13. The van der Waals surface area contributed by atoms with Crippen molar-refractivity contribution in [3.63, 3.8) is 0 Å². The van der Waals surface area contributed by atoms with Crippen molar-refractivity contribution in [2.24, 2.45) is 0 Å². The van der Waals surface area contributed by atoms with E-state index in [2.05, 4.69) is 20.7 Å². The Labute approximate surface area is 142 Å². The van der Waals surface area contributed by atoms with Gasteiger partial charge in [-0.05, 0) is 30.3 Å². The van der Waals surface area contributed by atoms with Gasteiger partial charge in [0.25, 0.3) is 0 Å². The molecule has 0 N–H and O–H groups in total. The summed E-state index contributed by atoms with van der Waals surface area (Å²) in [5.41, 5.74) is 0.897. The number of carbonyl (C=O) groups is 2. The first-order valence-electron chi connectivity index (χ1n) is 6.73. The number of hydrogen-bond donors (Lipinski definition) is 0. The second kappa shape index (κ2) is 7.78. The number of carbonyl (C=O) groups excluding carboxylic acids is 2. The number of ether oxygens (including phenoxy) is 3. The average Bonchev–Trinajstić information content (AvgIpc) is 2.59. The van der Waals surface area contributed by atoms with Crippen LogP contribution < -0.4 is 9.47 Å². The summed E-state index contributed by atoms with van der Waals surface area (Å²) < 4.78 is 16.2. The van der Waals surface area contributed by atoms with Crippen LogP contribution in [0.25, 0.3) is 0 Å². The van der Waals surface area contributed by atoms with E-state index < -0.39 is 5.97 Å². The maximum Gasteiger partial charge on any atom is 0.337 e. The second-order valence-corrected chi connectivity index (χ2v) is 5.49. The first-order chi connectivity index (χ1) is 11.0. The van der Waals surface area contributed by atoms with Crippen LogP contribution in [0.1, 0.15) is 20.7 Å². The molecule has 0 fully saturated rings. The van der Waals surface area contributed by atoms with Crippen molar-refractivity contribution in [1.82, 2.24) is 0 Å². The average molecular weight is 379 g/mol. The van der Waals surface area contributed by atoms with Gasteiger partial charge in [0, 0.05) is 10.0 Å². The van der Waals surface area contributed by atoms with Crippen LogP contribution in [0, 0.1) is 0 Å². The van der Waals surface area contributed by atoms with Gasteiger partial charge >= 0.3 is 5.97 Å². The van der Waals surface area contributed by atoms with Crippen LogP contribution in [0.4, 0.5) is 0 Å². The largest absolute Gasteiger partial charge is 0.493 e. The molecule has 6 heteroatoms. The van der Waals surface area contributed by atoms with Gasteiger partial charge in [-0.2, -0.15) is 0 Å². The second-order valence-electron chi connectivity index (χ2n) is 4.58. The number of esters is 1. The molecule has 0 amide bonds. The number of ketones is 1. The van der Waals surface area contributed by atoms with Crippen LogP contribution in [0.15, 0.2) is 46.9 Å². The number of halogens is 1. The molecule has 0 saturated heterocycles. The molecule has 0 atom stereocenters. The van der Waals surface area contributed by atoms with E-state index in [-0.39, 0.29) is 12.4 Å². The standard InChI is InChI=1S/C17H15BrO5/c1-21-16-9-12(17(20)22-2)5-8-15(16)23-10-14(19)11-3-6-13(18)7-4-11/h3-9H,10H2,1-2H3. The zero-order chi connectivity index (χ0) is 16.8. The minimum Gasteiger partial charge on any atom is -0.493 e. The van der Waals surface area contributed by atoms with Crippen LogP contribution >= 0.6 is 15.9 Å². The molecule has 0 radical (unpaired) electrons. The summed E-state index contributed by atoms with van der Waals surface area (Å²) in [4.78, 5) is 23.6. The number of Topliss-reactive ketones (excluding diaryl/α,β-unsaturated/α-hetero) is 1. The quantitative estimate of drug-likeness (QED) is 0.568. The summed E-state index contributed by atoms with van der Waals surface area (Å²) in [6.07, 6.45) is 0.